The van der Waals surface area contributed by atoms with Crippen LogP contribution < -0.4 is 0 Å². The Labute approximate surface area is 107 Å². The van der Waals surface area contributed by atoms with E-state index < -0.39 is 5.95 Å². The Hall–Kier alpha value is -1.45. The second-order valence-corrected chi connectivity index (χ2v) is 5.04. The molecule has 0 unspecified atom stereocenters. The quantitative estimate of drug-likeness (QED) is 0.773. The summed E-state index contributed by atoms with van der Waals surface area (Å²) in [5.41, 5.74) is 0.188. The van der Waals surface area contributed by atoms with Gasteiger partial charge in [-0.2, -0.15) is 4.39 Å². The number of amides is 1. The first-order valence-electron chi connectivity index (χ1n) is 6.55. The van der Waals surface area contributed by atoms with Crippen molar-refractivity contribution in [2.24, 2.45) is 5.92 Å². The minimum Gasteiger partial charge on any atom is -0.340 e. The molecule has 0 saturated heterocycles. The number of hydrogen-bond donors (Lipinski definition) is 0. The normalized spacial score (nSPS) is 16.6. The fourth-order valence-corrected chi connectivity index (χ4v) is 2.56. The predicted molar refractivity (Wildman–Crippen MR) is 67.7 cm³/mol. The SMILES string of the molecule is CN(CC1CCCCC1)C(=O)c1cccc(F)n1. The van der Waals surface area contributed by atoms with Crippen LogP contribution in [-0.4, -0.2) is 29.4 Å². The van der Waals surface area contributed by atoms with Crippen LogP contribution in [0.15, 0.2) is 18.2 Å². The number of carbonyl (C=O) groups is 1. The molecule has 0 aromatic carbocycles. The second-order valence-electron chi connectivity index (χ2n) is 5.04. The summed E-state index contributed by atoms with van der Waals surface area (Å²) < 4.78 is 13.0. The molecule has 2 rings (SSSR count). The molecular formula is C14H19FN2O. The smallest absolute Gasteiger partial charge is 0.272 e. The summed E-state index contributed by atoms with van der Waals surface area (Å²) in [5, 5.41) is 0. The third-order valence-electron chi connectivity index (χ3n) is 3.54. The van der Waals surface area contributed by atoms with Gasteiger partial charge < -0.3 is 4.90 Å². The molecule has 18 heavy (non-hydrogen) atoms. The number of pyridine rings is 1. The molecule has 0 atom stereocenters. The summed E-state index contributed by atoms with van der Waals surface area (Å²) in [7, 11) is 1.77. The van der Waals surface area contributed by atoms with Crippen LogP contribution in [0.1, 0.15) is 42.6 Å². The molecule has 1 aliphatic carbocycles. The van der Waals surface area contributed by atoms with Crippen LogP contribution in [0.4, 0.5) is 4.39 Å². The lowest BCUT2D eigenvalue weighted by Gasteiger charge is -2.26. The monoisotopic (exact) mass is 250 g/mol. The van der Waals surface area contributed by atoms with E-state index in [1.807, 2.05) is 0 Å². The van der Waals surface area contributed by atoms with Crippen molar-refractivity contribution in [3.05, 3.63) is 29.8 Å². The van der Waals surface area contributed by atoms with E-state index >= 15 is 0 Å². The van der Waals surface area contributed by atoms with Gasteiger partial charge in [0.2, 0.25) is 5.95 Å². The molecule has 98 valence electrons. The third kappa shape index (κ3) is 3.28. The fraction of sp³-hybridized carbons (Fsp3) is 0.571. The third-order valence-corrected chi connectivity index (χ3v) is 3.54. The lowest BCUT2D eigenvalue weighted by atomic mass is 9.89. The molecule has 1 saturated carbocycles. The summed E-state index contributed by atoms with van der Waals surface area (Å²) in [6, 6.07) is 4.32. The average molecular weight is 250 g/mol. The Bertz CT molecular complexity index is 416. The maximum Gasteiger partial charge on any atom is 0.272 e. The fourth-order valence-electron chi connectivity index (χ4n) is 2.56. The Morgan fingerprint density at radius 1 is 1.39 bits per heavy atom. The molecule has 0 spiro atoms. The summed E-state index contributed by atoms with van der Waals surface area (Å²) in [6.45, 7) is 0.747. The highest BCUT2D eigenvalue weighted by Crippen LogP contribution is 2.24. The van der Waals surface area contributed by atoms with E-state index in [0.717, 1.165) is 6.54 Å². The van der Waals surface area contributed by atoms with Gasteiger partial charge in [0.1, 0.15) is 5.69 Å². The van der Waals surface area contributed by atoms with Crippen molar-refractivity contribution in [2.45, 2.75) is 32.1 Å². The lowest BCUT2D eigenvalue weighted by molar-refractivity contribution is 0.0753. The summed E-state index contributed by atoms with van der Waals surface area (Å²) in [6.07, 6.45) is 6.19. The van der Waals surface area contributed by atoms with Gasteiger partial charge in [0, 0.05) is 13.6 Å². The molecule has 1 amide bonds. The molecule has 1 aromatic heterocycles. The van der Waals surface area contributed by atoms with Crippen molar-refractivity contribution >= 4 is 5.91 Å². The molecule has 1 aliphatic rings. The van der Waals surface area contributed by atoms with E-state index in [1.54, 1.807) is 18.0 Å². The van der Waals surface area contributed by atoms with E-state index in [-0.39, 0.29) is 11.6 Å². The van der Waals surface area contributed by atoms with Crippen LogP contribution in [-0.2, 0) is 0 Å². The van der Waals surface area contributed by atoms with Crippen molar-refractivity contribution in [1.29, 1.82) is 0 Å². The molecule has 0 radical (unpaired) electrons. The van der Waals surface area contributed by atoms with Gasteiger partial charge in [0.05, 0.1) is 0 Å². The van der Waals surface area contributed by atoms with Gasteiger partial charge in [-0.3, -0.25) is 4.79 Å². The number of halogens is 1. The maximum atomic E-state index is 13.0. The molecule has 1 fully saturated rings. The highest BCUT2D eigenvalue weighted by Gasteiger charge is 2.19. The molecule has 1 aromatic rings. The first kappa shape index (κ1) is 13.0. The van der Waals surface area contributed by atoms with Gasteiger partial charge in [-0.15, -0.1) is 0 Å². The largest absolute Gasteiger partial charge is 0.340 e. The molecule has 0 aliphatic heterocycles. The number of carbonyl (C=O) groups excluding carboxylic acids is 1. The van der Waals surface area contributed by atoms with Crippen molar-refractivity contribution in [1.82, 2.24) is 9.88 Å². The maximum absolute atomic E-state index is 13.0. The van der Waals surface area contributed by atoms with Gasteiger partial charge in [-0.05, 0) is 30.9 Å². The first-order chi connectivity index (χ1) is 8.66. The number of rotatable bonds is 3. The van der Waals surface area contributed by atoms with Gasteiger partial charge in [0.25, 0.3) is 5.91 Å². The number of hydrogen-bond acceptors (Lipinski definition) is 2. The minimum absolute atomic E-state index is 0.188. The van der Waals surface area contributed by atoms with E-state index in [0.29, 0.717) is 5.92 Å². The first-order valence-corrected chi connectivity index (χ1v) is 6.55. The van der Waals surface area contributed by atoms with Crippen LogP contribution in [0.3, 0.4) is 0 Å². The van der Waals surface area contributed by atoms with Gasteiger partial charge in [-0.25, -0.2) is 4.98 Å². The Kier molecular flexibility index (Phi) is 4.28. The van der Waals surface area contributed by atoms with Crippen molar-refractivity contribution in [3.8, 4) is 0 Å². The van der Waals surface area contributed by atoms with Crippen molar-refractivity contribution < 1.29 is 9.18 Å². The highest BCUT2D eigenvalue weighted by atomic mass is 19.1. The zero-order valence-corrected chi connectivity index (χ0v) is 10.7. The van der Waals surface area contributed by atoms with E-state index in [2.05, 4.69) is 4.98 Å². The van der Waals surface area contributed by atoms with E-state index in [4.69, 9.17) is 0 Å². The van der Waals surface area contributed by atoms with Crippen LogP contribution in [0, 0.1) is 11.9 Å². The van der Waals surface area contributed by atoms with Crippen LogP contribution in [0.25, 0.3) is 0 Å². The molecule has 3 nitrogen and oxygen atoms in total. The Morgan fingerprint density at radius 3 is 2.78 bits per heavy atom. The molecule has 1 heterocycles. The standard InChI is InChI=1S/C14H19FN2O/c1-17(10-11-6-3-2-4-7-11)14(18)12-8-5-9-13(15)16-12/h5,8-9,11H,2-4,6-7,10H2,1H3. The van der Waals surface area contributed by atoms with E-state index in [9.17, 15) is 9.18 Å². The van der Waals surface area contributed by atoms with Crippen LogP contribution >= 0.6 is 0 Å². The Balaban J connectivity index is 1.95. The molecular weight excluding hydrogens is 231 g/mol. The van der Waals surface area contributed by atoms with E-state index in [1.165, 1.54) is 44.2 Å². The zero-order chi connectivity index (χ0) is 13.0. The predicted octanol–water partition coefficient (Wildman–Crippen LogP) is 2.87. The lowest BCUT2D eigenvalue weighted by Crippen LogP contribution is -2.33. The average Bonchev–Trinajstić information content (AvgIpc) is 2.39. The number of nitrogens with zero attached hydrogens (tertiary/aromatic N) is 2. The topological polar surface area (TPSA) is 33.2 Å². The van der Waals surface area contributed by atoms with Crippen molar-refractivity contribution in [2.75, 3.05) is 13.6 Å². The molecule has 0 bridgehead atoms. The second kappa shape index (κ2) is 5.94. The van der Waals surface area contributed by atoms with Gasteiger partial charge in [0.15, 0.2) is 0 Å². The number of aromatic nitrogens is 1. The molecule has 0 N–H and O–H groups in total. The zero-order valence-electron chi connectivity index (χ0n) is 10.7. The van der Waals surface area contributed by atoms with Gasteiger partial charge >= 0.3 is 0 Å². The molecule has 4 heteroatoms. The van der Waals surface area contributed by atoms with Crippen LogP contribution in [0.5, 0.6) is 0 Å². The summed E-state index contributed by atoms with van der Waals surface area (Å²) >= 11 is 0. The minimum atomic E-state index is -0.605. The highest BCUT2D eigenvalue weighted by molar-refractivity contribution is 5.92. The summed E-state index contributed by atoms with van der Waals surface area (Å²) in [5.74, 6) is -0.215. The van der Waals surface area contributed by atoms with Crippen LogP contribution in [0.2, 0.25) is 0 Å². The van der Waals surface area contributed by atoms with Gasteiger partial charge in [-0.1, -0.05) is 25.3 Å². The van der Waals surface area contributed by atoms with Crippen molar-refractivity contribution in [3.63, 3.8) is 0 Å². The summed E-state index contributed by atoms with van der Waals surface area (Å²) in [4.78, 5) is 17.4. The Morgan fingerprint density at radius 2 is 2.11 bits per heavy atom.